The van der Waals surface area contributed by atoms with Gasteiger partial charge in [0, 0.05) is 12.4 Å². The van der Waals surface area contributed by atoms with Crippen LogP contribution in [-0.2, 0) is 7.05 Å². The lowest BCUT2D eigenvalue weighted by Gasteiger charge is -2.07. The van der Waals surface area contributed by atoms with E-state index >= 15 is 0 Å². The van der Waals surface area contributed by atoms with E-state index < -0.39 is 0 Å². The molecule has 2 aromatic rings. The van der Waals surface area contributed by atoms with Crippen LogP contribution in [0.25, 0.3) is 10.9 Å². The first-order valence-electron chi connectivity index (χ1n) is 4.78. The summed E-state index contributed by atoms with van der Waals surface area (Å²) in [6, 6.07) is 7.93. The number of benzene rings is 1. The fourth-order valence-corrected chi connectivity index (χ4v) is 1.73. The monoisotopic (exact) mass is 202 g/mol. The van der Waals surface area contributed by atoms with Crippen LogP contribution in [0.5, 0.6) is 0 Å². The van der Waals surface area contributed by atoms with Gasteiger partial charge in [0.15, 0.2) is 0 Å². The second kappa shape index (κ2) is 3.84. The molecule has 0 fully saturated rings. The number of hydrogen-bond acceptors (Lipinski definition) is 3. The molecule has 0 saturated heterocycles. The number of aromatic nitrogens is 2. The molecule has 78 valence electrons. The molecule has 0 spiro atoms. The molecule has 0 aliphatic carbocycles. The average Bonchev–Trinajstić information content (AvgIpc) is 2.60. The molecule has 4 heteroatoms. The lowest BCUT2D eigenvalue weighted by molar-refractivity contribution is 0.624. The summed E-state index contributed by atoms with van der Waals surface area (Å²) in [6.07, 6.45) is 1.74. The highest BCUT2D eigenvalue weighted by molar-refractivity contribution is 5.82. The fourth-order valence-electron chi connectivity index (χ4n) is 1.73. The first-order chi connectivity index (χ1) is 7.27. The van der Waals surface area contributed by atoms with Crippen molar-refractivity contribution in [3.8, 4) is 0 Å². The van der Waals surface area contributed by atoms with Crippen LogP contribution in [0.3, 0.4) is 0 Å². The van der Waals surface area contributed by atoms with Crippen LogP contribution in [0.1, 0.15) is 11.7 Å². The molecular formula is C11H14N4. The minimum absolute atomic E-state index is 0.115. The van der Waals surface area contributed by atoms with Crippen molar-refractivity contribution >= 4 is 10.9 Å². The third kappa shape index (κ3) is 1.54. The van der Waals surface area contributed by atoms with E-state index in [0.29, 0.717) is 0 Å². The van der Waals surface area contributed by atoms with Crippen molar-refractivity contribution in [2.45, 2.75) is 6.04 Å². The molecule has 0 saturated carbocycles. The third-order valence-corrected chi connectivity index (χ3v) is 2.50. The first kappa shape index (κ1) is 9.89. The number of nitrogens with two attached hydrogens (primary N) is 1. The van der Waals surface area contributed by atoms with Gasteiger partial charge in [0.05, 0.1) is 17.3 Å². The van der Waals surface area contributed by atoms with Crippen LogP contribution in [-0.4, -0.2) is 9.78 Å². The van der Waals surface area contributed by atoms with Crippen molar-refractivity contribution < 1.29 is 0 Å². The minimum atomic E-state index is -0.115. The smallest absolute Gasteiger partial charge is 0.0924 e. The highest BCUT2D eigenvalue weighted by Crippen LogP contribution is 2.22. The summed E-state index contributed by atoms with van der Waals surface area (Å²) in [5.74, 6) is 5.45. The summed E-state index contributed by atoms with van der Waals surface area (Å²) in [4.78, 5) is 0. The number of rotatable bonds is 3. The first-order valence-corrected chi connectivity index (χ1v) is 4.78. The SMILES string of the molecule is C=CC(NN)c1nn(C)c2ccccc12. The van der Waals surface area contributed by atoms with E-state index in [1.54, 1.807) is 6.08 Å². The number of hydrogen-bond donors (Lipinski definition) is 2. The van der Waals surface area contributed by atoms with Crippen molar-refractivity contribution in [3.63, 3.8) is 0 Å². The Balaban J connectivity index is 2.66. The Morgan fingerprint density at radius 1 is 1.53 bits per heavy atom. The van der Waals surface area contributed by atoms with Gasteiger partial charge < -0.3 is 0 Å². The molecule has 3 N–H and O–H groups in total. The number of aryl methyl sites for hydroxylation is 1. The molecule has 0 radical (unpaired) electrons. The predicted octanol–water partition coefficient (Wildman–Crippen LogP) is 1.26. The van der Waals surface area contributed by atoms with Crippen LogP contribution in [0.15, 0.2) is 36.9 Å². The average molecular weight is 202 g/mol. The van der Waals surface area contributed by atoms with Gasteiger partial charge in [0.2, 0.25) is 0 Å². The number of fused-ring (bicyclic) bond motifs is 1. The molecular weight excluding hydrogens is 188 g/mol. The van der Waals surface area contributed by atoms with Crippen LogP contribution >= 0.6 is 0 Å². The number of nitrogens with zero attached hydrogens (tertiary/aromatic N) is 2. The summed E-state index contributed by atoms with van der Waals surface area (Å²) in [7, 11) is 1.92. The van der Waals surface area contributed by atoms with Gasteiger partial charge in [0.25, 0.3) is 0 Å². The van der Waals surface area contributed by atoms with Crippen molar-refractivity contribution in [3.05, 3.63) is 42.6 Å². The van der Waals surface area contributed by atoms with Gasteiger partial charge in [-0.1, -0.05) is 24.3 Å². The summed E-state index contributed by atoms with van der Waals surface area (Å²) >= 11 is 0. The lowest BCUT2D eigenvalue weighted by atomic mass is 10.1. The Labute approximate surface area is 88.4 Å². The topological polar surface area (TPSA) is 55.9 Å². The molecule has 0 aliphatic heterocycles. The largest absolute Gasteiger partial charge is 0.271 e. The molecule has 0 amide bonds. The van der Waals surface area contributed by atoms with E-state index in [1.807, 2.05) is 36.0 Å². The van der Waals surface area contributed by atoms with Gasteiger partial charge >= 0.3 is 0 Å². The van der Waals surface area contributed by atoms with E-state index in [0.717, 1.165) is 16.6 Å². The summed E-state index contributed by atoms with van der Waals surface area (Å²) in [5.41, 5.74) is 4.68. The van der Waals surface area contributed by atoms with Gasteiger partial charge in [-0.3, -0.25) is 10.5 Å². The summed E-state index contributed by atoms with van der Waals surface area (Å²) < 4.78 is 1.85. The molecule has 1 aromatic carbocycles. The minimum Gasteiger partial charge on any atom is -0.271 e. The van der Waals surface area contributed by atoms with Crippen molar-refractivity contribution in [1.29, 1.82) is 0 Å². The molecule has 15 heavy (non-hydrogen) atoms. The Kier molecular flexibility index (Phi) is 2.53. The molecule has 2 rings (SSSR count). The Morgan fingerprint density at radius 2 is 2.27 bits per heavy atom. The zero-order valence-electron chi connectivity index (χ0n) is 8.64. The molecule has 0 aliphatic rings. The maximum Gasteiger partial charge on any atom is 0.0924 e. The van der Waals surface area contributed by atoms with Gasteiger partial charge in [0.1, 0.15) is 0 Å². The van der Waals surface area contributed by atoms with Gasteiger partial charge in [-0.15, -0.1) is 6.58 Å². The highest BCUT2D eigenvalue weighted by atomic mass is 15.3. The maximum atomic E-state index is 5.45. The molecule has 4 nitrogen and oxygen atoms in total. The Bertz CT molecular complexity index is 486. The maximum absolute atomic E-state index is 5.45. The molecule has 1 atom stereocenters. The van der Waals surface area contributed by atoms with Gasteiger partial charge in [-0.05, 0) is 6.07 Å². The number of nitrogens with one attached hydrogen (secondary N) is 1. The van der Waals surface area contributed by atoms with Crippen LogP contribution < -0.4 is 11.3 Å². The molecule has 1 unspecified atom stereocenters. The second-order valence-corrected chi connectivity index (χ2v) is 3.41. The molecule has 1 heterocycles. The molecule has 1 aromatic heterocycles. The standard InChI is InChI=1S/C11H14N4/c1-3-9(13-12)11-8-6-4-5-7-10(8)15(2)14-11/h3-7,9,13H,1,12H2,2H3. The zero-order chi connectivity index (χ0) is 10.8. The van der Waals surface area contributed by atoms with Gasteiger partial charge in [-0.2, -0.15) is 5.10 Å². The quantitative estimate of drug-likeness (QED) is 0.447. The van der Waals surface area contributed by atoms with E-state index in [9.17, 15) is 0 Å². The summed E-state index contributed by atoms with van der Waals surface area (Å²) in [6.45, 7) is 3.73. The zero-order valence-corrected chi connectivity index (χ0v) is 8.64. The second-order valence-electron chi connectivity index (χ2n) is 3.41. The van der Waals surface area contributed by atoms with Gasteiger partial charge in [-0.25, -0.2) is 5.43 Å². The predicted molar refractivity (Wildman–Crippen MR) is 61.0 cm³/mol. The third-order valence-electron chi connectivity index (χ3n) is 2.50. The Morgan fingerprint density at radius 3 is 2.93 bits per heavy atom. The van der Waals surface area contributed by atoms with E-state index in [2.05, 4.69) is 17.1 Å². The van der Waals surface area contributed by atoms with Crippen molar-refractivity contribution in [2.24, 2.45) is 12.9 Å². The van der Waals surface area contributed by atoms with E-state index in [4.69, 9.17) is 5.84 Å². The number of para-hydroxylation sites is 1. The van der Waals surface area contributed by atoms with E-state index in [-0.39, 0.29) is 6.04 Å². The normalized spacial score (nSPS) is 12.9. The Hall–Kier alpha value is -1.65. The van der Waals surface area contributed by atoms with Crippen molar-refractivity contribution in [1.82, 2.24) is 15.2 Å². The van der Waals surface area contributed by atoms with Crippen LogP contribution in [0.4, 0.5) is 0 Å². The molecule has 0 bridgehead atoms. The highest BCUT2D eigenvalue weighted by Gasteiger charge is 2.14. The van der Waals surface area contributed by atoms with Crippen LogP contribution in [0.2, 0.25) is 0 Å². The summed E-state index contributed by atoms with van der Waals surface area (Å²) in [5, 5.41) is 5.53. The van der Waals surface area contributed by atoms with E-state index in [1.165, 1.54) is 0 Å². The van der Waals surface area contributed by atoms with Crippen molar-refractivity contribution in [2.75, 3.05) is 0 Å². The number of hydrazine groups is 1. The fraction of sp³-hybridized carbons (Fsp3) is 0.182. The van der Waals surface area contributed by atoms with Crippen LogP contribution in [0, 0.1) is 0 Å². The lowest BCUT2D eigenvalue weighted by Crippen LogP contribution is -2.26.